The third-order valence-corrected chi connectivity index (χ3v) is 6.76. The number of hydrogen-bond acceptors (Lipinski definition) is 5. The lowest BCUT2D eigenvalue weighted by molar-refractivity contribution is 0.0684. The molecule has 2 aliphatic carbocycles. The van der Waals surface area contributed by atoms with E-state index < -0.39 is 11.3 Å². The van der Waals surface area contributed by atoms with Gasteiger partial charge in [0.2, 0.25) is 5.75 Å². The van der Waals surface area contributed by atoms with Gasteiger partial charge in [-0.05, 0) is 43.7 Å². The van der Waals surface area contributed by atoms with E-state index in [1.54, 1.807) is 15.7 Å². The van der Waals surface area contributed by atoms with E-state index in [2.05, 4.69) is 9.97 Å². The summed E-state index contributed by atoms with van der Waals surface area (Å²) >= 11 is 0. The number of nitrogens with zero attached hydrogens (tertiary/aromatic N) is 4. The van der Waals surface area contributed by atoms with Crippen molar-refractivity contribution in [3.05, 3.63) is 52.0 Å². The molecule has 5 rings (SSSR count). The first-order valence-corrected chi connectivity index (χ1v) is 10.6. The molecule has 0 radical (unpaired) electrons. The number of aromatic hydroxyl groups is 1. The summed E-state index contributed by atoms with van der Waals surface area (Å²) in [5.74, 6) is 0.388. The van der Waals surface area contributed by atoms with Crippen LogP contribution >= 0.6 is 0 Å². The molecule has 1 aliphatic heterocycles. The van der Waals surface area contributed by atoms with Crippen molar-refractivity contribution in [1.29, 1.82) is 0 Å². The van der Waals surface area contributed by atoms with Crippen LogP contribution in [0.1, 0.15) is 60.5 Å². The lowest BCUT2D eigenvalue weighted by Gasteiger charge is -2.34. The molecular weight excluding hydrogens is 368 g/mol. The Morgan fingerprint density at radius 3 is 2.62 bits per heavy atom. The van der Waals surface area contributed by atoms with Crippen molar-refractivity contribution >= 4 is 5.91 Å². The van der Waals surface area contributed by atoms with Gasteiger partial charge in [-0.3, -0.25) is 14.6 Å². The van der Waals surface area contributed by atoms with Gasteiger partial charge in [0.25, 0.3) is 5.91 Å². The average molecular weight is 394 g/mol. The molecule has 2 fully saturated rings. The highest BCUT2D eigenvalue weighted by molar-refractivity contribution is 5.95. The second-order valence-corrected chi connectivity index (χ2v) is 8.76. The Bertz CT molecular complexity index is 991. The summed E-state index contributed by atoms with van der Waals surface area (Å²) in [4.78, 5) is 36.1. The Balaban J connectivity index is 1.54. The summed E-state index contributed by atoms with van der Waals surface area (Å²) in [6, 6.07) is 5.95. The quantitative estimate of drug-likeness (QED) is 0.840. The highest BCUT2D eigenvalue weighted by Crippen LogP contribution is 2.43. The van der Waals surface area contributed by atoms with Crippen LogP contribution in [0.2, 0.25) is 0 Å². The lowest BCUT2D eigenvalue weighted by Crippen LogP contribution is -2.44. The van der Waals surface area contributed by atoms with Crippen LogP contribution in [0.15, 0.2) is 29.2 Å². The van der Waals surface area contributed by atoms with E-state index in [0.717, 1.165) is 44.2 Å². The lowest BCUT2D eigenvalue weighted by atomic mass is 9.78. The van der Waals surface area contributed by atoms with Gasteiger partial charge >= 0.3 is 5.56 Å². The maximum atomic E-state index is 13.1. The molecule has 1 amide bonds. The molecular formula is C22H26N4O3. The number of carbonyl (C=O) groups excluding carboxylic acids is 1. The predicted molar refractivity (Wildman–Crippen MR) is 107 cm³/mol. The molecule has 0 bridgehead atoms. The second kappa shape index (κ2) is 6.97. The van der Waals surface area contributed by atoms with E-state index >= 15 is 0 Å². The van der Waals surface area contributed by atoms with Crippen molar-refractivity contribution in [2.24, 2.45) is 5.92 Å². The van der Waals surface area contributed by atoms with Gasteiger partial charge in [-0.25, -0.2) is 0 Å². The average Bonchev–Trinajstić information content (AvgIpc) is 3.43. The van der Waals surface area contributed by atoms with Crippen LogP contribution in [0.5, 0.6) is 5.75 Å². The zero-order valence-electron chi connectivity index (χ0n) is 16.5. The van der Waals surface area contributed by atoms with E-state index in [-0.39, 0.29) is 17.0 Å². The van der Waals surface area contributed by atoms with Gasteiger partial charge in [0.1, 0.15) is 5.82 Å². The molecule has 0 saturated heterocycles. The van der Waals surface area contributed by atoms with Crippen LogP contribution in [0.3, 0.4) is 0 Å². The minimum atomic E-state index is -0.706. The van der Waals surface area contributed by atoms with Gasteiger partial charge in [0.15, 0.2) is 5.69 Å². The third kappa shape index (κ3) is 3.22. The van der Waals surface area contributed by atoms with Crippen molar-refractivity contribution in [3.8, 4) is 5.75 Å². The van der Waals surface area contributed by atoms with E-state index in [9.17, 15) is 14.7 Å². The smallest absolute Gasteiger partial charge is 0.315 e. The Hall–Kier alpha value is -2.70. The van der Waals surface area contributed by atoms with E-state index in [1.165, 1.54) is 0 Å². The van der Waals surface area contributed by atoms with E-state index in [0.29, 0.717) is 37.8 Å². The van der Waals surface area contributed by atoms with Crippen molar-refractivity contribution in [1.82, 2.24) is 19.4 Å². The molecule has 2 aromatic heterocycles. The van der Waals surface area contributed by atoms with Crippen LogP contribution in [-0.4, -0.2) is 43.5 Å². The van der Waals surface area contributed by atoms with Crippen LogP contribution in [0, 0.1) is 5.92 Å². The van der Waals surface area contributed by atoms with Crippen molar-refractivity contribution in [2.45, 2.75) is 56.9 Å². The summed E-state index contributed by atoms with van der Waals surface area (Å²) in [6.07, 6.45) is 8.85. The van der Waals surface area contributed by atoms with Crippen LogP contribution in [0.4, 0.5) is 0 Å². The van der Waals surface area contributed by atoms with Crippen LogP contribution < -0.4 is 5.56 Å². The van der Waals surface area contributed by atoms with Gasteiger partial charge in [0, 0.05) is 43.4 Å². The molecule has 0 spiro atoms. The summed E-state index contributed by atoms with van der Waals surface area (Å²) in [5.41, 5.74) is 0.252. The molecule has 2 aromatic rings. The van der Waals surface area contributed by atoms with Crippen LogP contribution in [0.25, 0.3) is 0 Å². The Morgan fingerprint density at radius 1 is 1.14 bits per heavy atom. The number of carbonyl (C=O) groups is 1. The molecule has 7 heteroatoms. The molecule has 152 valence electrons. The SMILES string of the molecule is O=C1c2c(O)c(=O)nc(CC3(c4ccccn4)CCCC3)n2CCN1CC1CC1. The molecule has 0 unspecified atom stereocenters. The molecule has 0 atom stereocenters. The molecule has 2 saturated carbocycles. The largest absolute Gasteiger partial charge is 0.501 e. The monoisotopic (exact) mass is 394 g/mol. The zero-order chi connectivity index (χ0) is 20.0. The summed E-state index contributed by atoms with van der Waals surface area (Å²) in [7, 11) is 0. The Morgan fingerprint density at radius 2 is 1.93 bits per heavy atom. The molecule has 29 heavy (non-hydrogen) atoms. The van der Waals surface area contributed by atoms with Crippen molar-refractivity contribution in [2.75, 3.05) is 13.1 Å². The first-order chi connectivity index (χ1) is 14.1. The summed E-state index contributed by atoms with van der Waals surface area (Å²) in [5, 5.41) is 10.4. The maximum Gasteiger partial charge on any atom is 0.315 e. The summed E-state index contributed by atoms with van der Waals surface area (Å²) in [6.45, 7) is 1.86. The summed E-state index contributed by atoms with van der Waals surface area (Å²) < 4.78 is 1.78. The first-order valence-electron chi connectivity index (χ1n) is 10.6. The minimum Gasteiger partial charge on any atom is -0.501 e. The van der Waals surface area contributed by atoms with Gasteiger partial charge in [-0.15, -0.1) is 0 Å². The minimum absolute atomic E-state index is 0.112. The molecule has 0 aromatic carbocycles. The number of rotatable bonds is 5. The van der Waals surface area contributed by atoms with Gasteiger partial charge in [0.05, 0.1) is 0 Å². The number of aromatic nitrogens is 3. The zero-order valence-corrected chi connectivity index (χ0v) is 16.5. The van der Waals surface area contributed by atoms with Gasteiger partial charge < -0.3 is 14.6 Å². The van der Waals surface area contributed by atoms with Crippen LogP contribution in [-0.2, 0) is 18.4 Å². The fourth-order valence-corrected chi connectivity index (χ4v) is 4.99. The fourth-order valence-electron chi connectivity index (χ4n) is 4.99. The van der Waals surface area contributed by atoms with Crippen molar-refractivity contribution in [3.63, 3.8) is 0 Å². The van der Waals surface area contributed by atoms with E-state index in [4.69, 9.17) is 0 Å². The fraction of sp³-hybridized carbons (Fsp3) is 0.545. The highest BCUT2D eigenvalue weighted by Gasteiger charge is 2.40. The topological polar surface area (TPSA) is 88.3 Å². The number of pyridine rings is 1. The number of fused-ring (bicyclic) bond motifs is 1. The first kappa shape index (κ1) is 18.3. The third-order valence-electron chi connectivity index (χ3n) is 6.76. The number of amides is 1. The molecule has 1 N–H and O–H groups in total. The Labute approximate surface area is 169 Å². The van der Waals surface area contributed by atoms with E-state index in [1.807, 2.05) is 18.2 Å². The molecule has 3 heterocycles. The predicted octanol–water partition coefficient (Wildman–Crippen LogP) is 2.26. The molecule has 3 aliphatic rings. The second-order valence-electron chi connectivity index (χ2n) is 8.76. The standard InChI is InChI=1S/C22H26N4O3/c27-19-18-21(29)25(14-15-6-7-15)11-12-26(18)17(24-20(19)28)13-22(8-2-3-9-22)16-5-1-4-10-23-16/h1,4-5,10,15,27H,2-3,6-9,11-14H2. The highest BCUT2D eigenvalue weighted by atomic mass is 16.3. The van der Waals surface area contributed by atoms with Gasteiger partial charge in [-0.2, -0.15) is 4.98 Å². The maximum absolute atomic E-state index is 13.1. The molecule has 7 nitrogen and oxygen atoms in total. The van der Waals surface area contributed by atoms with Gasteiger partial charge in [-0.1, -0.05) is 18.9 Å². The van der Waals surface area contributed by atoms with Crippen molar-refractivity contribution < 1.29 is 9.90 Å². The normalized spacial score (nSPS) is 20.7. The number of hydrogen-bond donors (Lipinski definition) is 1. The Kier molecular flexibility index (Phi) is 4.41.